The van der Waals surface area contributed by atoms with E-state index in [9.17, 15) is 13.2 Å². The van der Waals surface area contributed by atoms with Crippen LogP contribution in [0.2, 0.25) is 0 Å². The summed E-state index contributed by atoms with van der Waals surface area (Å²) in [5.74, 6) is 0.0398. The van der Waals surface area contributed by atoms with Gasteiger partial charge in [0.2, 0.25) is 0 Å². The van der Waals surface area contributed by atoms with Crippen molar-refractivity contribution in [3.63, 3.8) is 0 Å². The molecule has 5 rings (SSSR count). The van der Waals surface area contributed by atoms with Gasteiger partial charge in [-0.25, -0.2) is 13.4 Å². The molecule has 1 atom stereocenters. The summed E-state index contributed by atoms with van der Waals surface area (Å²) in [6.07, 6.45) is 4.26. The first-order chi connectivity index (χ1) is 14.3. The van der Waals surface area contributed by atoms with Crippen LogP contribution < -0.4 is 5.32 Å². The predicted octanol–water partition coefficient (Wildman–Crippen LogP) is 3.60. The molecule has 1 N–H and O–H groups in total. The highest BCUT2D eigenvalue weighted by Crippen LogP contribution is 2.33. The molecule has 158 valence electrons. The van der Waals surface area contributed by atoms with E-state index in [0.29, 0.717) is 17.2 Å². The fourth-order valence-electron chi connectivity index (χ4n) is 4.66. The Hall–Kier alpha value is -2.26. The lowest BCUT2D eigenvalue weighted by molar-refractivity contribution is 0.102. The third-order valence-electron chi connectivity index (χ3n) is 6.03. The monoisotopic (exact) mass is 444 g/mol. The average Bonchev–Trinajstić information content (AvgIpc) is 3.36. The summed E-state index contributed by atoms with van der Waals surface area (Å²) in [5, 5.41) is 8.14. The quantitative estimate of drug-likeness (QED) is 0.666. The molecule has 2 aliphatic rings. The third-order valence-corrected chi connectivity index (χ3v) is 8.70. The van der Waals surface area contributed by atoms with E-state index < -0.39 is 9.84 Å². The van der Waals surface area contributed by atoms with Crippen LogP contribution >= 0.6 is 11.3 Å². The van der Waals surface area contributed by atoms with Crippen LogP contribution in [-0.4, -0.2) is 40.6 Å². The Bertz CT molecular complexity index is 1270. The summed E-state index contributed by atoms with van der Waals surface area (Å²) in [5.41, 5.74) is 5.58. The Labute approximate surface area is 179 Å². The maximum atomic E-state index is 13.1. The number of sulfone groups is 1. The fraction of sp³-hybridized carbons (Fsp3) is 0.476. The Morgan fingerprint density at radius 1 is 1.23 bits per heavy atom. The van der Waals surface area contributed by atoms with Crippen molar-refractivity contribution in [3.8, 4) is 0 Å². The number of aryl methyl sites for hydroxylation is 2. The lowest BCUT2D eigenvalue weighted by atomic mass is 9.95. The topological polar surface area (TPSA) is 93.9 Å². The van der Waals surface area contributed by atoms with Crippen molar-refractivity contribution in [2.45, 2.75) is 52.0 Å². The standard InChI is InChI=1S/C21H24N4O3S2/c1-12-9-13(2)18-17(10-12)29-21(22-18)23-20(26)19-15-5-3-4-6-16(15)25(24-19)14-7-8-30(27,28)11-14/h9-10,14H,3-8,11H2,1-2H3,(H,22,23,26). The van der Waals surface area contributed by atoms with Gasteiger partial charge in [0.1, 0.15) is 0 Å². The zero-order chi connectivity index (χ0) is 21.0. The molecule has 0 bridgehead atoms. The van der Waals surface area contributed by atoms with Crippen LogP contribution in [0.1, 0.15) is 58.2 Å². The maximum Gasteiger partial charge on any atom is 0.278 e. The average molecular weight is 445 g/mol. The van der Waals surface area contributed by atoms with Gasteiger partial charge in [0.25, 0.3) is 5.91 Å². The number of nitrogens with one attached hydrogen (secondary N) is 1. The van der Waals surface area contributed by atoms with Crippen molar-refractivity contribution >= 4 is 42.4 Å². The number of amides is 1. The second kappa shape index (κ2) is 7.16. The molecule has 0 radical (unpaired) electrons. The van der Waals surface area contributed by atoms with Crippen LogP contribution in [0, 0.1) is 13.8 Å². The molecule has 1 aromatic carbocycles. The minimum absolute atomic E-state index is 0.110. The second-order valence-electron chi connectivity index (χ2n) is 8.38. The molecule has 1 aliphatic carbocycles. The SMILES string of the molecule is Cc1cc(C)c2nc(NC(=O)c3nn(C4CCS(=O)(=O)C4)c4c3CCCC4)sc2c1. The summed E-state index contributed by atoms with van der Waals surface area (Å²) in [6, 6.07) is 3.99. The van der Waals surface area contributed by atoms with Gasteiger partial charge in [-0.2, -0.15) is 5.10 Å². The number of aromatic nitrogens is 3. The first-order valence-corrected chi connectivity index (χ1v) is 12.9. The molecule has 1 unspecified atom stereocenters. The number of thiazole rings is 1. The van der Waals surface area contributed by atoms with Gasteiger partial charge in [-0.3, -0.25) is 14.8 Å². The van der Waals surface area contributed by atoms with Crippen LogP contribution in [0.5, 0.6) is 0 Å². The van der Waals surface area contributed by atoms with Crippen LogP contribution in [0.25, 0.3) is 10.2 Å². The second-order valence-corrected chi connectivity index (χ2v) is 11.6. The minimum atomic E-state index is -3.02. The van der Waals surface area contributed by atoms with E-state index in [4.69, 9.17) is 0 Å². The molecule has 1 amide bonds. The van der Waals surface area contributed by atoms with Crippen molar-refractivity contribution < 1.29 is 13.2 Å². The van der Waals surface area contributed by atoms with Crippen molar-refractivity contribution in [3.05, 3.63) is 40.2 Å². The highest BCUT2D eigenvalue weighted by Gasteiger charge is 2.34. The molecule has 1 aliphatic heterocycles. The number of anilines is 1. The lowest BCUT2D eigenvalue weighted by Crippen LogP contribution is -2.17. The first-order valence-electron chi connectivity index (χ1n) is 10.3. The molecule has 1 fully saturated rings. The van der Waals surface area contributed by atoms with Crippen LogP contribution in [0.3, 0.4) is 0 Å². The van der Waals surface area contributed by atoms with Crippen molar-refractivity contribution in [1.29, 1.82) is 0 Å². The molecule has 3 heterocycles. The molecule has 1 saturated heterocycles. The predicted molar refractivity (Wildman–Crippen MR) is 118 cm³/mol. The molecule has 0 saturated carbocycles. The largest absolute Gasteiger partial charge is 0.296 e. The zero-order valence-corrected chi connectivity index (χ0v) is 18.7. The molecule has 30 heavy (non-hydrogen) atoms. The maximum absolute atomic E-state index is 13.1. The fourth-order valence-corrected chi connectivity index (χ4v) is 7.39. The number of benzene rings is 1. The lowest BCUT2D eigenvalue weighted by Gasteiger charge is -2.17. The summed E-state index contributed by atoms with van der Waals surface area (Å²) in [7, 11) is -3.02. The highest BCUT2D eigenvalue weighted by atomic mass is 32.2. The molecular formula is C21H24N4O3S2. The number of carbonyl (C=O) groups is 1. The highest BCUT2D eigenvalue weighted by molar-refractivity contribution is 7.91. The van der Waals surface area contributed by atoms with Gasteiger partial charge in [0, 0.05) is 11.3 Å². The molecule has 2 aromatic heterocycles. The Morgan fingerprint density at radius 3 is 2.80 bits per heavy atom. The van der Waals surface area contributed by atoms with Crippen LogP contribution in [-0.2, 0) is 22.7 Å². The van der Waals surface area contributed by atoms with Gasteiger partial charge in [-0.05, 0) is 63.1 Å². The smallest absolute Gasteiger partial charge is 0.278 e. The summed E-state index contributed by atoms with van der Waals surface area (Å²) in [4.78, 5) is 17.7. The number of hydrogen-bond acceptors (Lipinski definition) is 6. The molecular weight excluding hydrogens is 420 g/mol. The minimum Gasteiger partial charge on any atom is -0.296 e. The Morgan fingerprint density at radius 2 is 2.03 bits per heavy atom. The normalized spacial score (nSPS) is 20.4. The van der Waals surface area contributed by atoms with Crippen LogP contribution in [0.15, 0.2) is 12.1 Å². The van der Waals surface area contributed by atoms with E-state index in [1.807, 2.05) is 18.5 Å². The van der Waals surface area contributed by atoms with E-state index in [2.05, 4.69) is 27.5 Å². The van der Waals surface area contributed by atoms with E-state index in [1.54, 1.807) is 0 Å². The van der Waals surface area contributed by atoms with Crippen molar-refractivity contribution in [1.82, 2.24) is 14.8 Å². The van der Waals surface area contributed by atoms with Gasteiger partial charge < -0.3 is 0 Å². The summed E-state index contributed by atoms with van der Waals surface area (Å²) >= 11 is 1.46. The van der Waals surface area contributed by atoms with Gasteiger partial charge >= 0.3 is 0 Å². The van der Waals surface area contributed by atoms with Gasteiger partial charge in [-0.15, -0.1) is 0 Å². The number of carbonyl (C=O) groups excluding carboxylic acids is 1. The summed E-state index contributed by atoms with van der Waals surface area (Å²) in [6.45, 7) is 4.07. The first kappa shape index (κ1) is 19.7. The van der Waals surface area contributed by atoms with Crippen molar-refractivity contribution in [2.24, 2.45) is 0 Å². The molecule has 7 nitrogen and oxygen atoms in total. The van der Waals surface area contributed by atoms with E-state index in [-0.39, 0.29) is 23.5 Å². The van der Waals surface area contributed by atoms with Crippen LogP contribution in [0.4, 0.5) is 5.13 Å². The zero-order valence-electron chi connectivity index (χ0n) is 17.1. The third kappa shape index (κ3) is 3.43. The van der Waals surface area contributed by atoms with E-state index in [1.165, 1.54) is 16.9 Å². The van der Waals surface area contributed by atoms with Gasteiger partial charge in [0.15, 0.2) is 20.7 Å². The number of rotatable bonds is 3. The van der Waals surface area contributed by atoms with E-state index in [0.717, 1.165) is 52.7 Å². The number of nitrogens with zero attached hydrogens (tertiary/aromatic N) is 3. The van der Waals surface area contributed by atoms with E-state index >= 15 is 0 Å². The molecule has 0 spiro atoms. The van der Waals surface area contributed by atoms with Gasteiger partial charge in [-0.1, -0.05) is 17.4 Å². The Kier molecular flexibility index (Phi) is 4.70. The number of fused-ring (bicyclic) bond motifs is 2. The number of hydrogen-bond donors (Lipinski definition) is 1. The van der Waals surface area contributed by atoms with Gasteiger partial charge in [0.05, 0.1) is 27.8 Å². The molecule has 9 heteroatoms. The van der Waals surface area contributed by atoms with Crippen molar-refractivity contribution in [2.75, 3.05) is 16.8 Å². The molecule has 3 aromatic rings. The Balaban J connectivity index is 1.48. The summed E-state index contributed by atoms with van der Waals surface area (Å²) < 4.78 is 26.8.